The number of halogens is 12. The van der Waals surface area contributed by atoms with E-state index in [1.54, 1.807) is 0 Å². The monoisotopic (exact) mass is 464 g/mol. The minimum absolute atomic E-state index is 0.964. The fraction of sp³-hybridized carbons (Fsp3) is 1.00. The Labute approximate surface area is 140 Å². The minimum Gasteiger partial charge on any atom is -0.206 e. The van der Waals surface area contributed by atoms with Crippen molar-refractivity contribution in [3.63, 3.8) is 0 Å². The molecule has 0 rings (SSSR count). The van der Waals surface area contributed by atoms with E-state index in [0.717, 1.165) is 0 Å². The Balaban J connectivity index is 5.00. The summed E-state index contributed by atoms with van der Waals surface area (Å²) in [5, 5.41) is 0. The second-order valence-corrected chi connectivity index (χ2v) is 10.9. The quantitative estimate of drug-likeness (QED) is 0.172. The lowest BCUT2D eigenvalue weighted by atomic mass is 11.5. The highest BCUT2D eigenvalue weighted by molar-refractivity contribution is 8.82. The van der Waals surface area contributed by atoms with Crippen molar-refractivity contribution in [1.82, 2.24) is 0 Å². The Morgan fingerprint density at radius 1 is 0.500 bits per heavy atom. The first-order valence-electron chi connectivity index (χ1n) is 4.07. The molecular formula is C5ClF11S5. The Kier molecular flexibility index (Phi) is 8.10. The van der Waals surface area contributed by atoms with Crippen LogP contribution in [0.4, 0.5) is 48.3 Å². The number of hydrogen-bond donors (Lipinski definition) is 0. The number of hydrogen-bond acceptors (Lipinski definition) is 5. The van der Waals surface area contributed by atoms with Gasteiger partial charge in [0, 0.05) is 35.3 Å². The predicted octanol–water partition coefficient (Wildman–Crippen LogP) is 7.53. The van der Waals surface area contributed by atoms with Crippen LogP contribution in [0.3, 0.4) is 0 Å². The van der Waals surface area contributed by atoms with Crippen molar-refractivity contribution < 1.29 is 48.3 Å². The molecule has 0 spiro atoms. The van der Waals surface area contributed by atoms with Gasteiger partial charge in [0.05, 0.1) is 0 Å². The van der Waals surface area contributed by atoms with Gasteiger partial charge in [0.2, 0.25) is 0 Å². The zero-order chi connectivity index (χ0) is 18.0. The van der Waals surface area contributed by atoms with Gasteiger partial charge in [-0.05, 0) is 21.6 Å². The molecule has 0 aromatic heterocycles. The van der Waals surface area contributed by atoms with Crippen molar-refractivity contribution in [2.24, 2.45) is 0 Å². The second kappa shape index (κ2) is 7.66. The molecule has 0 fully saturated rings. The van der Waals surface area contributed by atoms with Gasteiger partial charge >= 0.3 is 16.5 Å². The fourth-order valence-electron chi connectivity index (χ4n) is 0.581. The molecule has 0 amide bonds. The number of alkyl halides is 12. The third kappa shape index (κ3) is 12.7. The van der Waals surface area contributed by atoms with Crippen LogP contribution in [0.25, 0.3) is 0 Å². The molecule has 22 heavy (non-hydrogen) atoms. The molecule has 17 heteroatoms. The highest BCUT2D eigenvalue weighted by atomic mass is 35.5. The van der Waals surface area contributed by atoms with Gasteiger partial charge in [-0.2, -0.15) is 39.5 Å². The van der Waals surface area contributed by atoms with Crippen LogP contribution in [0.1, 0.15) is 0 Å². The van der Waals surface area contributed by atoms with Crippen molar-refractivity contribution in [3.05, 3.63) is 0 Å². The summed E-state index contributed by atoms with van der Waals surface area (Å²) in [6.45, 7) is 0. The Bertz CT molecular complexity index is 345. The van der Waals surface area contributed by atoms with E-state index in [1.807, 2.05) is 0 Å². The average Bonchev–Trinajstić information content (AvgIpc) is 2.04. The van der Waals surface area contributed by atoms with E-state index < -0.39 is 80.9 Å². The van der Waals surface area contributed by atoms with E-state index in [1.165, 1.54) is 0 Å². The maximum Gasteiger partial charge on any atom is 0.446 e. The van der Waals surface area contributed by atoms with Gasteiger partial charge in [0.15, 0.2) is 0 Å². The van der Waals surface area contributed by atoms with Gasteiger partial charge in [-0.1, -0.05) is 11.6 Å². The highest BCUT2D eigenvalue weighted by Gasteiger charge is 2.55. The summed E-state index contributed by atoms with van der Waals surface area (Å²) in [5.41, 5.74) is -16.3. The van der Waals surface area contributed by atoms with Gasteiger partial charge in [-0.3, -0.25) is 0 Å². The Morgan fingerprint density at radius 3 is 1.09 bits per heavy atom. The van der Waals surface area contributed by atoms with Gasteiger partial charge in [-0.25, -0.2) is 8.78 Å². The molecule has 0 radical (unpaired) electrons. The summed E-state index contributed by atoms with van der Waals surface area (Å²) >= 11 is -0.546. The smallest absolute Gasteiger partial charge is 0.206 e. The van der Waals surface area contributed by atoms with Gasteiger partial charge in [-0.15, -0.1) is 0 Å². The zero-order valence-corrected chi connectivity index (χ0v) is 13.9. The predicted molar refractivity (Wildman–Crippen MR) is 69.7 cm³/mol. The van der Waals surface area contributed by atoms with Gasteiger partial charge in [0.1, 0.15) is 0 Å². The van der Waals surface area contributed by atoms with E-state index in [9.17, 15) is 48.3 Å². The molecule has 1 atom stereocenters. The van der Waals surface area contributed by atoms with Crippen LogP contribution in [0.5, 0.6) is 0 Å². The lowest BCUT2D eigenvalue weighted by molar-refractivity contribution is -0.0369. The lowest BCUT2D eigenvalue weighted by Crippen LogP contribution is -2.21. The average molecular weight is 465 g/mol. The highest BCUT2D eigenvalue weighted by Crippen LogP contribution is 2.66. The van der Waals surface area contributed by atoms with Crippen molar-refractivity contribution in [3.8, 4) is 0 Å². The largest absolute Gasteiger partial charge is 0.446 e. The summed E-state index contributed by atoms with van der Waals surface area (Å²) in [6.07, 6.45) is 0. The summed E-state index contributed by atoms with van der Waals surface area (Å²) < 4.78 is 126. The Hall–Kier alpha value is 1.27. The number of rotatable bonds is 6. The summed E-state index contributed by atoms with van der Waals surface area (Å²) in [6, 6.07) is 0. The van der Waals surface area contributed by atoms with Crippen LogP contribution >= 0.6 is 68.5 Å². The molecule has 0 unspecified atom stereocenters. The minimum atomic E-state index is -5.50. The molecule has 0 aromatic carbocycles. The van der Waals surface area contributed by atoms with Crippen LogP contribution < -0.4 is 0 Å². The third-order valence-electron chi connectivity index (χ3n) is 0.948. The Morgan fingerprint density at radius 2 is 0.818 bits per heavy atom. The van der Waals surface area contributed by atoms with Crippen LogP contribution in [-0.2, 0) is 0 Å². The number of thioether (sulfide) groups is 3. The van der Waals surface area contributed by atoms with Crippen molar-refractivity contribution in [1.29, 1.82) is 0 Å². The van der Waals surface area contributed by atoms with Crippen LogP contribution in [0, 0.1) is 0 Å². The molecule has 0 saturated heterocycles. The molecule has 0 aliphatic heterocycles. The molecule has 0 bridgehead atoms. The summed E-state index contributed by atoms with van der Waals surface area (Å²) in [4.78, 5) is 0. The summed E-state index contributed by atoms with van der Waals surface area (Å²) in [5.74, 6) is 0. The van der Waals surface area contributed by atoms with Crippen molar-refractivity contribution >= 4 is 68.5 Å². The van der Waals surface area contributed by atoms with Crippen molar-refractivity contribution in [2.45, 2.75) is 24.0 Å². The maximum absolute atomic E-state index is 13.7. The second-order valence-electron chi connectivity index (χ2n) is 2.75. The van der Waals surface area contributed by atoms with E-state index in [4.69, 9.17) is 0 Å². The SMILES string of the molecule is FC(F)(F)SC(F)(SS[C@](F)(Cl)SC(F)(F)F)SC(F)(F)F. The molecule has 0 heterocycles. The van der Waals surface area contributed by atoms with E-state index in [0.29, 0.717) is 0 Å². The molecule has 0 saturated carbocycles. The fourth-order valence-corrected chi connectivity index (χ4v) is 6.57. The topological polar surface area (TPSA) is 0 Å². The molecule has 0 aliphatic rings. The molecule has 0 nitrogen and oxygen atoms in total. The lowest BCUT2D eigenvalue weighted by Gasteiger charge is -2.26. The zero-order valence-electron chi connectivity index (χ0n) is 9.08. The van der Waals surface area contributed by atoms with Crippen LogP contribution in [0.2, 0.25) is 0 Å². The molecule has 0 N–H and O–H groups in total. The van der Waals surface area contributed by atoms with E-state index >= 15 is 0 Å². The molecule has 0 aliphatic carbocycles. The first kappa shape index (κ1) is 23.3. The van der Waals surface area contributed by atoms with Crippen LogP contribution in [-0.4, -0.2) is 24.0 Å². The molecule has 134 valence electrons. The standard InChI is InChI=1S/C5ClF11S5/c6-1(7,18-2(8,9)10)21-22-5(17,19-3(11,12)13)20-4(14,15)16/t1-/m0/s1. The normalized spacial score (nSPS) is 17.5. The van der Waals surface area contributed by atoms with E-state index in [2.05, 4.69) is 11.6 Å². The van der Waals surface area contributed by atoms with E-state index in [-0.39, 0.29) is 0 Å². The van der Waals surface area contributed by atoms with Gasteiger partial charge in [0.25, 0.3) is 7.46 Å². The van der Waals surface area contributed by atoms with Crippen LogP contribution in [0.15, 0.2) is 0 Å². The first-order chi connectivity index (χ1) is 9.33. The van der Waals surface area contributed by atoms with Crippen molar-refractivity contribution in [2.75, 3.05) is 0 Å². The maximum atomic E-state index is 13.7. The summed E-state index contributed by atoms with van der Waals surface area (Å²) in [7, 11) is -2.03. The molecular weight excluding hydrogens is 465 g/mol. The first-order valence-corrected chi connectivity index (χ1v) is 9.04. The van der Waals surface area contributed by atoms with Gasteiger partial charge < -0.3 is 0 Å². The third-order valence-corrected chi connectivity index (χ3v) is 8.16. The molecule has 0 aromatic rings.